The minimum absolute atomic E-state index is 0.180. The summed E-state index contributed by atoms with van der Waals surface area (Å²) in [4.78, 5) is 0. The number of hydrogen-bond acceptors (Lipinski definition) is 2. The fourth-order valence-electron chi connectivity index (χ4n) is 2.16. The second kappa shape index (κ2) is 4.90. The first-order valence-electron chi connectivity index (χ1n) is 6.03. The summed E-state index contributed by atoms with van der Waals surface area (Å²) in [7, 11) is 1.91. The molecule has 2 aromatic rings. The molecule has 0 atom stereocenters. The van der Waals surface area contributed by atoms with Gasteiger partial charge in [-0.25, -0.2) is 4.39 Å². The quantitative estimate of drug-likeness (QED) is 0.904. The van der Waals surface area contributed by atoms with Crippen LogP contribution in [-0.2, 0) is 13.5 Å². The summed E-state index contributed by atoms with van der Waals surface area (Å²) in [5, 5.41) is 4.47. The molecule has 0 radical (unpaired) electrons. The van der Waals surface area contributed by atoms with Gasteiger partial charge in [0.2, 0.25) is 0 Å². The van der Waals surface area contributed by atoms with Gasteiger partial charge >= 0.3 is 0 Å². The lowest BCUT2D eigenvalue weighted by atomic mass is 10.00. The van der Waals surface area contributed by atoms with Gasteiger partial charge in [0.05, 0.1) is 5.69 Å². The van der Waals surface area contributed by atoms with Crippen molar-refractivity contribution in [3.63, 3.8) is 0 Å². The summed E-state index contributed by atoms with van der Waals surface area (Å²) in [6.07, 6.45) is 0.730. The summed E-state index contributed by atoms with van der Waals surface area (Å²) in [6.45, 7) is 4.35. The molecule has 1 aromatic heterocycles. The van der Waals surface area contributed by atoms with E-state index in [4.69, 9.17) is 5.73 Å². The molecular weight excluding hydrogens is 229 g/mol. The molecule has 4 heteroatoms. The third-order valence-electron chi connectivity index (χ3n) is 3.23. The first-order chi connectivity index (χ1) is 8.54. The Morgan fingerprint density at radius 1 is 1.33 bits per heavy atom. The van der Waals surface area contributed by atoms with Crippen molar-refractivity contribution in [3.8, 4) is 11.1 Å². The SMILES string of the molecule is Cc1cc(-c2c(CCN)nn(C)c2C)ccc1F. The van der Waals surface area contributed by atoms with Gasteiger partial charge in [0, 0.05) is 24.7 Å². The van der Waals surface area contributed by atoms with Gasteiger partial charge in [-0.2, -0.15) is 5.10 Å². The lowest BCUT2D eigenvalue weighted by molar-refractivity contribution is 0.619. The molecule has 0 aliphatic rings. The van der Waals surface area contributed by atoms with Crippen molar-refractivity contribution < 1.29 is 4.39 Å². The van der Waals surface area contributed by atoms with Crippen LogP contribution in [0.25, 0.3) is 11.1 Å². The van der Waals surface area contributed by atoms with Gasteiger partial charge in [0.1, 0.15) is 5.82 Å². The Morgan fingerprint density at radius 3 is 2.67 bits per heavy atom. The van der Waals surface area contributed by atoms with Gasteiger partial charge in [-0.05, 0) is 43.7 Å². The molecule has 96 valence electrons. The number of hydrogen-bond donors (Lipinski definition) is 1. The molecule has 2 N–H and O–H groups in total. The molecule has 0 unspecified atom stereocenters. The van der Waals surface area contributed by atoms with Crippen LogP contribution in [0.4, 0.5) is 4.39 Å². The second-order valence-electron chi connectivity index (χ2n) is 4.53. The van der Waals surface area contributed by atoms with Crippen molar-refractivity contribution in [2.45, 2.75) is 20.3 Å². The van der Waals surface area contributed by atoms with Gasteiger partial charge in [-0.1, -0.05) is 6.07 Å². The minimum Gasteiger partial charge on any atom is -0.330 e. The van der Waals surface area contributed by atoms with Gasteiger partial charge in [0.25, 0.3) is 0 Å². The molecule has 0 saturated heterocycles. The molecule has 3 nitrogen and oxygen atoms in total. The van der Waals surface area contributed by atoms with Gasteiger partial charge < -0.3 is 5.73 Å². The van der Waals surface area contributed by atoms with Crippen molar-refractivity contribution in [2.24, 2.45) is 12.8 Å². The summed E-state index contributed by atoms with van der Waals surface area (Å²) in [5.74, 6) is -0.180. The van der Waals surface area contributed by atoms with E-state index in [1.807, 2.05) is 24.7 Å². The molecule has 0 spiro atoms. The summed E-state index contributed by atoms with van der Waals surface area (Å²) < 4.78 is 15.2. The maximum atomic E-state index is 13.3. The van der Waals surface area contributed by atoms with Gasteiger partial charge in [0.15, 0.2) is 0 Å². The van der Waals surface area contributed by atoms with Crippen LogP contribution in [0, 0.1) is 19.7 Å². The van der Waals surface area contributed by atoms with Crippen LogP contribution < -0.4 is 5.73 Å². The summed E-state index contributed by atoms with van der Waals surface area (Å²) in [5.41, 5.74) is 10.4. The van der Waals surface area contributed by atoms with Crippen LogP contribution in [0.15, 0.2) is 18.2 Å². The molecule has 0 saturated carbocycles. The van der Waals surface area contributed by atoms with E-state index < -0.39 is 0 Å². The normalized spacial score (nSPS) is 10.9. The molecule has 1 heterocycles. The number of aromatic nitrogens is 2. The third-order valence-corrected chi connectivity index (χ3v) is 3.23. The van der Waals surface area contributed by atoms with E-state index in [1.165, 1.54) is 6.07 Å². The Kier molecular flexibility index (Phi) is 3.48. The van der Waals surface area contributed by atoms with Crippen LogP contribution in [-0.4, -0.2) is 16.3 Å². The zero-order valence-corrected chi connectivity index (χ0v) is 11.0. The summed E-state index contributed by atoms with van der Waals surface area (Å²) >= 11 is 0. The largest absolute Gasteiger partial charge is 0.330 e. The Hall–Kier alpha value is -1.68. The highest BCUT2D eigenvalue weighted by Gasteiger charge is 2.14. The van der Waals surface area contributed by atoms with Crippen molar-refractivity contribution >= 4 is 0 Å². The Labute approximate surface area is 106 Å². The average molecular weight is 247 g/mol. The molecule has 0 fully saturated rings. The Bertz CT molecular complexity index is 573. The number of halogens is 1. The van der Waals surface area contributed by atoms with Crippen LogP contribution in [0.3, 0.4) is 0 Å². The first kappa shape index (κ1) is 12.8. The highest BCUT2D eigenvalue weighted by atomic mass is 19.1. The molecule has 0 aliphatic heterocycles. The van der Waals surface area contributed by atoms with E-state index >= 15 is 0 Å². The maximum absolute atomic E-state index is 13.3. The van der Waals surface area contributed by atoms with Crippen LogP contribution in [0.5, 0.6) is 0 Å². The first-order valence-corrected chi connectivity index (χ1v) is 6.03. The zero-order chi connectivity index (χ0) is 13.3. The number of aryl methyl sites for hydroxylation is 2. The molecule has 2 rings (SSSR count). The molecular formula is C14H18FN3. The minimum atomic E-state index is -0.180. The van der Waals surface area contributed by atoms with E-state index in [1.54, 1.807) is 13.0 Å². The van der Waals surface area contributed by atoms with E-state index in [-0.39, 0.29) is 5.82 Å². The lowest BCUT2D eigenvalue weighted by Crippen LogP contribution is -2.04. The van der Waals surface area contributed by atoms with Crippen molar-refractivity contribution in [3.05, 3.63) is 41.0 Å². The third kappa shape index (κ3) is 2.16. The van der Waals surface area contributed by atoms with Crippen LogP contribution in [0.2, 0.25) is 0 Å². The number of rotatable bonds is 3. The highest BCUT2D eigenvalue weighted by Crippen LogP contribution is 2.28. The second-order valence-corrected chi connectivity index (χ2v) is 4.53. The fraction of sp³-hybridized carbons (Fsp3) is 0.357. The molecule has 0 aliphatic carbocycles. The van der Waals surface area contributed by atoms with Crippen molar-refractivity contribution in [1.29, 1.82) is 0 Å². The lowest BCUT2D eigenvalue weighted by Gasteiger charge is -2.06. The number of nitrogens with zero attached hydrogens (tertiary/aromatic N) is 2. The van der Waals surface area contributed by atoms with E-state index in [2.05, 4.69) is 5.10 Å². The highest BCUT2D eigenvalue weighted by molar-refractivity contribution is 5.69. The number of benzene rings is 1. The predicted molar refractivity (Wildman–Crippen MR) is 70.8 cm³/mol. The summed E-state index contributed by atoms with van der Waals surface area (Å²) in [6, 6.07) is 5.16. The van der Waals surface area contributed by atoms with Gasteiger partial charge in [-0.15, -0.1) is 0 Å². The smallest absolute Gasteiger partial charge is 0.126 e. The van der Waals surface area contributed by atoms with Crippen LogP contribution in [0.1, 0.15) is 17.0 Å². The van der Waals surface area contributed by atoms with Crippen LogP contribution >= 0.6 is 0 Å². The van der Waals surface area contributed by atoms with E-state index in [0.717, 1.165) is 28.9 Å². The van der Waals surface area contributed by atoms with Crippen molar-refractivity contribution in [2.75, 3.05) is 6.54 Å². The topological polar surface area (TPSA) is 43.8 Å². The molecule has 1 aromatic carbocycles. The Balaban J connectivity index is 2.58. The van der Waals surface area contributed by atoms with E-state index in [0.29, 0.717) is 12.1 Å². The monoisotopic (exact) mass is 247 g/mol. The van der Waals surface area contributed by atoms with E-state index in [9.17, 15) is 4.39 Å². The Morgan fingerprint density at radius 2 is 2.06 bits per heavy atom. The standard InChI is InChI=1S/C14H18FN3/c1-9-8-11(4-5-12(9)15)14-10(2)18(3)17-13(14)6-7-16/h4-5,8H,6-7,16H2,1-3H3. The van der Waals surface area contributed by atoms with Gasteiger partial charge in [-0.3, -0.25) is 4.68 Å². The zero-order valence-electron chi connectivity index (χ0n) is 11.0. The molecule has 0 bridgehead atoms. The number of nitrogens with two attached hydrogens (primary N) is 1. The van der Waals surface area contributed by atoms with Crippen molar-refractivity contribution in [1.82, 2.24) is 9.78 Å². The fourth-order valence-corrected chi connectivity index (χ4v) is 2.16. The molecule has 18 heavy (non-hydrogen) atoms. The molecule has 0 amide bonds. The predicted octanol–water partition coefficient (Wildman–Crippen LogP) is 2.34. The average Bonchev–Trinajstić information content (AvgIpc) is 2.60. The maximum Gasteiger partial charge on any atom is 0.126 e.